The SMILES string of the molecule is Cc1ccc2ncn(C3CCN(C(=O)[C@H]4CCCC[C@@H]4C)CC3)c2c1. The van der Waals surface area contributed by atoms with Crippen molar-refractivity contribution in [2.75, 3.05) is 13.1 Å². The average Bonchev–Trinajstić information content (AvgIpc) is 3.05. The zero-order valence-electron chi connectivity index (χ0n) is 15.4. The van der Waals surface area contributed by atoms with Crippen LogP contribution < -0.4 is 0 Å². The third-order valence-corrected chi connectivity index (χ3v) is 6.33. The van der Waals surface area contributed by atoms with Crippen molar-refractivity contribution in [3.05, 3.63) is 30.1 Å². The molecule has 0 bridgehead atoms. The van der Waals surface area contributed by atoms with Gasteiger partial charge in [-0.25, -0.2) is 4.98 Å². The lowest BCUT2D eigenvalue weighted by Gasteiger charge is -2.37. The van der Waals surface area contributed by atoms with Crippen molar-refractivity contribution in [2.45, 2.75) is 58.4 Å². The van der Waals surface area contributed by atoms with E-state index in [1.54, 1.807) is 0 Å². The van der Waals surface area contributed by atoms with Crippen molar-refractivity contribution in [3.63, 3.8) is 0 Å². The molecule has 1 aromatic carbocycles. The fourth-order valence-electron chi connectivity index (χ4n) is 4.71. The Kier molecular flexibility index (Phi) is 4.53. The summed E-state index contributed by atoms with van der Waals surface area (Å²) in [5.41, 5.74) is 3.57. The highest BCUT2D eigenvalue weighted by Gasteiger charge is 2.33. The molecule has 4 heteroatoms. The number of likely N-dealkylation sites (tertiary alicyclic amines) is 1. The Hall–Kier alpha value is -1.84. The van der Waals surface area contributed by atoms with Crippen LogP contribution in [0.4, 0.5) is 0 Å². The number of imidazole rings is 1. The van der Waals surface area contributed by atoms with E-state index in [1.165, 1.54) is 30.3 Å². The van der Waals surface area contributed by atoms with Gasteiger partial charge in [-0.3, -0.25) is 4.79 Å². The molecule has 25 heavy (non-hydrogen) atoms. The van der Waals surface area contributed by atoms with Gasteiger partial charge in [-0.05, 0) is 56.2 Å². The smallest absolute Gasteiger partial charge is 0.225 e. The van der Waals surface area contributed by atoms with Gasteiger partial charge in [0.05, 0.1) is 17.4 Å². The van der Waals surface area contributed by atoms with Gasteiger partial charge in [0.25, 0.3) is 0 Å². The van der Waals surface area contributed by atoms with Gasteiger partial charge < -0.3 is 9.47 Å². The number of aryl methyl sites for hydroxylation is 1. The molecule has 0 radical (unpaired) electrons. The van der Waals surface area contributed by atoms with Crippen molar-refractivity contribution in [2.24, 2.45) is 11.8 Å². The van der Waals surface area contributed by atoms with E-state index in [2.05, 4.69) is 46.5 Å². The summed E-state index contributed by atoms with van der Waals surface area (Å²) in [7, 11) is 0. The number of piperidine rings is 1. The summed E-state index contributed by atoms with van der Waals surface area (Å²) in [5.74, 6) is 1.23. The van der Waals surface area contributed by atoms with Crippen molar-refractivity contribution < 1.29 is 4.79 Å². The number of hydrogen-bond acceptors (Lipinski definition) is 2. The zero-order valence-corrected chi connectivity index (χ0v) is 15.4. The number of amides is 1. The highest BCUT2D eigenvalue weighted by atomic mass is 16.2. The molecule has 4 nitrogen and oxygen atoms in total. The number of rotatable bonds is 2. The van der Waals surface area contributed by atoms with E-state index in [0.29, 0.717) is 17.9 Å². The Bertz CT molecular complexity index is 758. The maximum absolute atomic E-state index is 12.9. The van der Waals surface area contributed by atoms with Crippen molar-refractivity contribution >= 4 is 16.9 Å². The van der Waals surface area contributed by atoms with Crippen LogP contribution in [0.5, 0.6) is 0 Å². The Morgan fingerprint density at radius 2 is 1.88 bits per heavy atom. The van der Waals surface area contributed by atoms with Crippen LogP contribution in [-0.4, -0.2) is 33.4 Å². The molecular weight excluding hydrogens is 310 g/mol. The molecule has 0 unspecified atom stereocenters. The molecule has 2 heterocycles. The minimum atomic E-state index is 0.266. The van der Waals surface area contributed by atoms with Gasteiger partial charge in [-0.15, -0.1) is 0 Å². The van der Waals surface area contributed by atoms with Crippen LogP contribution in [0.15, 0.2) is 24.5 Å². The monoisotopic (exact) mass is 339 g/mol. The molecule has 2 fully saturated rings. The molecule has 1 aliphatic carbocycles. The number of hydrogen-bond donors (Lipinski definition) is 0. The highest BCUT2D eigenvalue weighted by molar-refractivity contribution is 5.79. The van der Waals surface area contributed by atoms with Gasteiger partial charge in [0.1, 0.15) is 0 Å². The summed E-state index contributed by atoms with van der Waals surface area (Å²) >= 11 is 0. The molecule has 2 atom stereocenters. The predicted molar refractivity (Wildman–Crippen MR) is 100 cm³/mol. The Morgan fingerprint density at radius 1 is 1.12 bits per heavy atom. The van der Waals surface area contributed by atoms with Crippen molar-refractivity contribution in [1.82, 2.24) is 14.5 Å². The summed E-state index contributed by atoms with van der Waals surface area (Å²) in [6.45, 7) is 6.16. The second-order valence-corrected chi connectivity index (χ2v) is 8.07. The van der Waals surface area contributed by atoms with Crippen LogP contribution in [-0.2, 0) is 4.79 Å². The van der Waals surface area contributed by atoms with Gasteiger partial charge in [-0.1, -0.05) is 25.8 Å². The number of carbonyl (C=O) groups excluding carboxylic acids is 1. The first-order chi connectivity index (χ1) is 12.1. The molecular formula is C21H29N3O. The van der Waals surface area contributed by atoms with Crippen LogP contribution in [0.3, 0.4) is 0 Å². The largest absolute Gasteiger partial charge is 0.342 e. The molecule has 1 amide bonds. The summed E-state index contributed by atoms with van der Waals surface area (Å²) in [5, 5.41) is 0. The van der Waals surface area contributed by atoms with Crippen molar-refractivity contribution in [3.8, 4) is 0 Å². The number of nitrogens with zero attached hydrogens (tertiary/aromatic N) is 3. The number of benzene rings is 1. The first kappa shape index (κ1) is 16.6. The van der Waals surface area contributed by atoms with E-state index >= 15 is 0 Å². The van der Waals surface area contributed by atoms with E-state index in [9.17, 15) is 4.79 Å². The standard InChI is InChI=1S/C21H29N3O/c1-15-7-8-19-20(13-15)24(14-22-19)17-9-11-23(12-10-17)21(25)18-6-4-3-5-16(18)2/h7-8,13-14,16-18H,3-6,9-12H2,1-2H3/t16-,18-/m0/s1. The average molecular weight is 339 g/mol. The van der Waals surface area contributed by atoms with E-state index in [0.717, 1.165) is 37.9 Å². The van der Waals surface area contributed by atoms with Crippen LogP contribution in [0.2, 0.25) is 0 Å². The Morgan fingerprint density at radius 3 is 2.64 bits per heavy atom. The third kappa shape index (κ3) is 3.19. The van der Waals surface area contributed by atoms with E-state index in [-0.39, 0.29) is 5.92 Å². The van der Waals surface area contributed by atoms with Gasteiger partial charge in [0, 0.05) is 25.0 Å². The minimum Gasteiger partial charge on any atom is -0.342 e. The molecule has 1 saturated heterocycles. The Balaban J connectivity index is 1.44. The van der Waals surface area contributed by atoms with Gasteiger partial charge in [-0.2, -0.15) is 0 Å². The van der Waals surface area contributed by atoms with E-state index < -0.39 is 0 Å². The first-order valence-electron chi connectivity index (χ1n) is 9.85. The molecule has 2 aromatic rings. The maximum atomic E-state index is 12.9. The van der Waals surface area contributed by atoms with Gasteiger partial charge in [0.2, 0.25) is 5.91 Å². The lowest BCUT2D eigenvalue weighted by Crippen LogP contribution is -2.44. The third-order valence-electron chi connectivity index (χ3n) is 6.33. The fourth-order valence-corrected chi connectivity index (χ4v) is 4.71. The highest BCUT2D eigenvalue weighted by Crippen LogP contribution is 2.33. The van der Waals surface area contributed by atoms with Crippen molar-refractivity contribution in [1.29, 1.82) is 0 Å². The molecule has 1 aromatic heterocycles. The maximum Gasteiger partial charge on any atom is 0.225 e. The van der Waals surface area contributed by atoms with Gasteiger partial charge in [0.15, 0.2) is 0 Å². The second kappa shape index (κ2) is 6.81. The summed E-state index contributed by atoms with van der Waals surface area (Å²) in [4.78, 5) is 19.6. The zero-order chi connectivity index (χ0) is 17.4. The van der Waals surface area contributed by atoms with E-state index in [1.807, 2.05) is 6.33 Å². The predicted octanol–water partition coefficient (Wildman–Crippen LogP) is 4.33. The summed E-state index contributed by atoms with van der Waals surface area (Å²) < 4.78 is 2.33. The number of carbonyl (C=O) groups is 1. The minimum absolute atomic E-state index is 0.266. The molecule has 1 saturated carbocycles. The number of aromatic nitrogens is 2. The van der Waals surface area contributed by atoms with Gasteiger partial charge >= 0.3 is 0 Å². The Labute approximate surface area is 150 Å². The molecule has 2 aliphatic rings. The molecule has 134 valence electrons. The summed E-state index contributed by atoms with van der Waals surface area (Å²) in [6, 6.07) is 6.90. The van der Waals surface area contributed by atoms with Crippen LogP contribution >= 0.6 is 0 Å². The lowest BCUT2D eigenvalue weighted by molar-refractivity contribution is -0.139. The van der Waals surface area contributed by atoms with Crippen LogP contribution in [0.25, 0.3) is 11.0 Å². The van der Waals surface area contributed by atoms with E-state index in [4.69, 9.17) is 0 Å². The van der Waals surface area contributed by atoms with Crippen LogP contribution in [0.1, 0.15) is 57.1 Å². The normalized spacial score (nSPS) is 25.4. The number of fused-ring (bicyclic) bond motifs is 1. The van der Waals surface area contributed by atoms with Crippen LogP contribution in [0, 0.1) is 18.8 Å². The molecule has 4 rings (SSSR count). The molecule has 1 aliphatic heterocycles. The molecule has 0 spiro atoms. The lowest BCUT2D eigenvalue weighted by atomic mass is 9.79. The first-order valence-corrected chi connectivity index (χ1v) is 9.85. The summed E-state index contributed by atoms with van der Waals surface area (Å²) in [6.07, 6.45) is 8.87. The quantitative estimate of drug-likeness (QED) is 0.816. The topological polar surface area (TPSA) is 38.1 Å². The second-order valence-electron chi connectivity index (χ2n) is 8.07. The fraction of sp³-hybridized carbons (Fsp3) is 0.619. The molecule has 0 N–H and O–H groups in total.